The summed E-state index contributed by atoms with van der Waals surface area (Å²) in [5, 5.41) is -0.0116. The van der Waals surface area contributed by atoms with Crippen LogP contribution >= 0.6 is 0 Å². The van der Waals surface area contributed by atoms with Crippen molar-refractivity contribution in [2.24, 2.45) is 0 Å². The van der Waals surface area contributed by atoms with Gasteiger partial charge < -0.3 is 0 Å². The van der Waals surface area contributed by atoms with E-state index in [1.54, 1.807) is 5.53 Å². The lowest BCUT2D eigenvalue weighted by Gasteiger charge is -2.16. The Kier molecular flexibility index (Phi) is 1.47. The Morgan fingerprint density at radius 3 is 2.40 bits per heavy atom. The Labute approximate surface area is 55.4 Å². The first-order valence-corrected chi connectivity index (χ1v) is 2.51. The van der Waals surface area contributed by atoms with Crippen LogP contribution in [0.3, 0.4) is 0 Å². The van der Waals surface area contributed by atoms with Gasteiger partial charge in [-0.3, -0.25) is 0 Å². The van der Waals surface area contributed by atoms with Crippen molar-refractivity contribution in [1.82, 2.24) is 16.0 Å². The minimum atomic E-state index is -4.39. The molecular weight excluding hydrogens is 147 g/mol. The van der Waals surface area contributed by atoms with E-state index in [0.29, 0.717) is 5.70 Å². The quantitative estimate of drug-likeness (QED) is 0.518. The standard InChI is InChI=1S/C4H5F3N3/c1-3-2-10(9-8-3)4(5,6)7/h2,9H,1H3. The van der Waals surface area contributed by atoms with Gasteiger partial charge in [0.05, 0.1) is 5.70 Å². The number of hydrogen-bond acceptors (Lipinski definition) is 2. The average Bonchev–Trinajstić information content (AvgIpc) is 2.11. The molecule has 1 aliphatic rings. The van der Waals surface area contributed by atoms with E-state index in [-0.39, 0.29) is 5.01 Å². The van der Waals surface area contributed by atoms with Crippen LogP contribution in [0.2, 0.25) is 0 Å². The van der Waals surface area contributed by atoms with Gasteiger partial charge in [-0.2, -0.15) is 5.43 Å². The highest BCUT2D eigenvalue weighted by Gasteiger charge is 2.38. The van der Waals surface area contributed by atoms with Crippen molar-refractivity contribution in [2.45, 2.75) is 13.2 Å². The fourth-order valence-electron chi connectivity index (χ4n) is 0.507. The molecule has 0 aromatic rings. The molecule has 57 valence electrons. The van der Waals surface area contributed by atoms with E-state index in [2.05, 4.69) is 5.43 Å². The highest BCUT2D eigenvalue weighted by molar-refractivity contribution is 4.97. The molecule has 3 nitrogen and oxygen atoms in total. The summed E-state index contributed by atoms with van der Waals surface area (Å²) < 4.78 is 35.1. The highest BCUT2D eigenvalue weighted by atomic mass is 19.4. The lowest BCUT2D eigenvalue weighted by atomic mass is 10.6. The van der Waals surface area contributed by atoms with Crippen LogP contribution in [-0.2, 0) is 0 Å². The summed E-state index contributed by atoms with van der Waals surface area (Å²) in [6.45, 7) is 1.47. The zero-order chi connectivity index (χ0) is 7.78. The van der Waals surface area contributed by atoms with E-state index < -0.39 is 6.30 Å². The maximum Gasteiger partial charge on any atom is 0.500 e. The molecule has 10 heavy (non-hydrogen) atoms. The van der Waals surface area contributed by atoms with Crippen molar-refractivity contribution in [3.63, 3.8) is 0 Å². The second-order valence-corrected chi connectivity index (χ2v) is 1.82. The summed E-state index contributed by atoms with van der Waals surface area (Å²) in [6.07, 6.45) is -3.51. The number of nitrogens with one attached hydrogen (secondary N) is 1. The van der Waals surface area contributed by atoms with Crippen LogP contribution in [0.1, 0.15) is 6.92 Å². The molecule has 0 amide bonds. The molecule has 0 unspecified atom stereocenters. The molecule has 0 aliphatic carbocycles. The molecule has 0 aromatic carbocycles. The molecule has 1 rings (SSSR count). The first-order valence-electron chi connectivity index (χ1n) is 2.51. The second kappa shape index (κ2) is 2.05. The summed E-state index contributed by atoms with van der Waals surface area (Å²) in [6, 6.07) is 0. The summed E-state index contributed by atoms with van der Waals surface area (Å²) in [7, 11) is 0. The SMILES string of the molecule is CC1=CN(C(F)(F)F)N[N]1. The number of halogens is 3. The maximum atomic E-state index is 11.7. The number of rotatable bonds is 0. The van der Waals surface area contributed by atoms with Crippen LogP contribution in [0.25, 0.3) is 0 Å². The molecule has 0 fully saturated rings. The molecule has 0 aromatic heterocycles. The monoisotopic (exact) mass is 152 g/mol. The summed E-state index contributed by atoms with van der Waals surface area (Å²) >= 11 is 0. The van der Waals surface area contributed by atoms with Crippen molar-refractivity contribution in [1.29, 1.82) is 0 Å². The van der Waals surface area contributed by atoms with Crippen LogP contribution in [0.5, 0.6) is 0 Å². The van der Waals surface area contributed by atoms with Crippen LogP contribution in [0, 0.1) is 0 Å². The van der Waals surface area contributed by atoms with E-state index in [1.165, 1.54) is 6.92 Å². The summed E-state index contributed by atoms with van der Waals surface area (Å²) in [5.74, 6) is 0. The predicted octanol–water partition coefficient (Wildman–Crippen LogP) is 0.707. The maximum absolute atomic E-state index is 11.7. The predicted molar refractivity (Wildman–Crippen MR) is 26.9 cm³/mol. The minimum Gasteiger partial charge on any atom is -0.202 e. The molecule has 6 heteroatoms. The van der Waals surface area contributed by atoms with Crippen molar-refractivity contribution in [3.05, 3.63) is 11.9 Å². The zero-order valence-electron chi connectivity index (χ0n) is 5.11. The zero-order valence-corrected chi connectivity index (χ0v) is 5.11. The van der Waals surface area contributed by atoms with Crippen molar-refractivity contribution < 1.29 is 13.2 Å². The third kappa shape index (κ3) is 1.32. The average molecular weight is 152 g/mol. The Morgan fingerprint density at radius 1 is 1.60 bits per heavy atom. The lowest BCUT2D eigenvalue weighted by Crippen LogP contribution is -2.42. The lowest BCUT2D eigenvalue weighted by molar-refractivity contribution is -0.243. The molecule has 0 bridgehead atoms. The highest BCUT2D eigenvalue weighted by Crippen LogP contribution is 2.21. The molecule has 0 spiro atoms. The van der Waals surface area contributed by atoms with Gasteiger partial charge in [0.2, 0.25) is 0 Å². The number of hydrazine groups is 1. The Balaban J connectivity index is 2.61. The fourth-order valence-corrected chi connectivity index (χ4v) is 0.507. The van der Waals surface area contributed by atoms with Gasteiger partial charge >= 0.3 is 6.30 Å². The molecular formula is C4H5F3N3. The topological polar surface area (TPSA) is 29.4 Å². The Morgan fingerprint density at radius 2 is 2.20 bits per heavy atom. The van der Waals surface area contributed by atoms with Gasteiger partial charge in [0.25, 0.3) is 0 Å². The van der Waals surface area contributed by atoms with E-state index >= 15 is 0 Å². The minimum absolute atomic E-state index is 0.0116. The molecule has 0 saturated carbocycles. The third-order valence-corrected chi connectivity index (χ3v) is 0.923. The first kappa shape index (κ1) is 7.20. The van der Waals surface area contributed by atoms with E-state index in [9.17, 15) is 13.2 Å². The molecule has 0 saturated heterocycles. The van der Waals surface area contributed by atoms with E-state index in [4.69, 9.17) is 0 Å². The molecule has 1 aliphatic heterocycles. The largest absolute Gasteiger partial charge is 0.500 e. The van der Waals surface area contributed by atoms with E-state index in [1.807, 2.05) is 0 Å². The Hall–Kier alpha value is -0.910. The summed E-state index contributed by atoms with van der Waals surface area (Å²) in [5.41, 5.74) is 5.39. The number of allylic oxidation sites excluding steroid dienone is 1. The Bertz CT molecular complexity index is 162. The van der Waals surface area contributed by atoms with Gasteiger partial charge in [0.15, 0.2) is 0 Å². The molecule has 1 heterocycles. The van der Waals surface area contributed by atoms with Gasteiger partial charge in [-0.05, 0) is 6.92 Å². The number of alkyl halides is 3. The number of hydrogen-bond donors (Lipinski definition) is 1. The molecule has 0 atom stereocenters. The summed E-state index contributed by atoms with van der Waals surface area (Å²) in [4.78, 5) is 0. The normalized spacial score (nSPS) is 18.8. The van der Waals surface area contributed by atoms with Crippen LogP contribution < -0.4 is 11.0 Å². The second-order valence-electron chi connectivity index (χ2n) is 1.82. The first-order chi connectivity index (χ1) is 4.50. The third-order valence-electron chi connectivity index (χ3n) is 0.923. The molecule has 1 radical (unpaired) electrons. The van der Waals surface area contributed by atoms with Gasteiger partial charge in [0, 0.05) is 6.20 Å². The fraction of sp³-hybridized carbons (Fsp3) is 0.500. The van der Waals surface area contributed by atoms with Gasteiger partial charge in [-0.1, -0.05) is 0 Å². The number of nitrogens with zero attached hydrogens (tertiary/aromatic N) is 2. The van der Waals surface area contributed by atoms with Crippen LogP contribution in [-0.4, -0.2) is 11.3 Å². The van der Waals surface area contributed by atoms with E-state index in [0.717, 1.165) is 6.20 Å². The molecule has 1 N–H and O–H groups in total. The van der Waals surface area contributed by atoms with Crippen LogP contribution in [0.4, 0.5) is 13.2 Å². The van der Waals surface area contributed by atoms with Gasteiger partial charge in [-0.15, -0.1) is 18.7 Å². The van der Waals surface area contributed by atoms with Gasteiger partial charge in [-0.25, -0.2) is 5.01 Å². The van der Waals surface area contributed by atoms with Gasteiger partial charge in [0.1, 0.15) is 0 Å². The van der Waals surface area contributed by atoms with Crippen LogP contribution in [0.15, 0.2) is 11.9 Å². The van der Waals surface area contributed by atoms with Crippen molar-refractivity contribution in [3.8, 4) is 0 Å². The smallest absolute Gasteiger partial charge is 0.202 e. The van der Waals surface area contributed by atoms with Crippen molar-refractivity contribution in [2.75, 3.05) is 0 Å². The van der Waals surface area contributed by atoms with Crippen molar-refractivity contribution >= 4 is 0 Å².